The zero-order chi connectivity index (χ0) is 19.2. The molecular formula is C23H28N2O2. The lowest BCUT2D eigenvalue weighted by atomic mass is 9.95. The second kappa shape index (κ2) is 8.98. The largest absolute Gasteiger partial charge is 0.487 e. The average molecular weight is 364 g/mol. The fourth-order valence-corrected chi connectivity index (χ4v) is 3.36. The van der Waals surface area contributed by atoms with Crippen molar-refractivity contribution in [1.29, 1.82) is 0 Å². The van der Waals surface area contributed by atoms with Crippen molar-refractivity contribution in [3.05, 3.63) is 71.9 Å². The minimum Gasteiger partial charge on any atom is -0.487 e. The third-order valence-corrected chi connectivity index (χ3v) is 4.69. The number of fused-ring (bicyclic) bond motifs is 1. The number of nitrogens with one attached hydrogen (secondary N) is 1. The molecule has 3 aromatic rings. The van der Waals surface area contributed by atoms with E-state index in [1.165, 1.54) is 0 Å². The van der Waals surface area contributed by atoms with Crippen LogP contribution in [0.4, 0.5) is 0 Å². The molecule has 0 aliphatic heterocycles. The van der Waals surface area contributed by atoms with Gasteiger partial charge in [0.25, 0.3) is 0 Å². The van der Waals surface area contributed by atoms with Crippen molar-refractivity contribution in [3.63, 3.8) is 0 Å². The first-order valence-corrected chi connectivity index (χ1v) is 9.58. The van der Waals surface area contributed by atoms with Crippen molar-refractivity contribution in [2.75, 3.05) is 0 Å². The molecule has 3 rings (SSSR count). The van der Waals surface area contributed by atoms with E-state index in [-0.39, 0.29) is 6.04 Å². The summed E-state index contributed by atoms with van der Waals surface area (Å²) < 4.78 is 6.03. The van der Waals surface area contributed by atoms with Crippen LogP contribution in [0, 0.1) is 0 Å². The quantitative estimate of drug-likeness (QED) is 0.612. The first-order valence-electron chi connectivity index (χ1n) is 9.58. The summed E-state index contributed by atoms with van der Waals surface area (Å²) in [6.45, 7) is 6.76. The van der Waals surface area contributed by atoms with Gasteiger partial charge in [0, 0.05) is 23.7 Å². The summed E-state index contributed by atoms with van der Waals surface area (Å²) in [7, 11) is 0. The van der Waals surface area contributed by atoms with Crippen molar-refractivity contribution in [1.82, 2.24) is 10.3 Å². The fourth-order valence-electron chi connectivity index (χ4n) is 3.36. The standard InChI is InChI=1S/C23H28N2O2/c1-4-20(25-16(2)3)23(26)19-12-13-21(22-18(19)11-8-14-24-22)27-15-17-9-6-5-7-10-17/h5-14,16,20,23,25-26H,4,15H2,1-3H3. The smallest absolute Gasteiger partial charge is 0.146 e. The number of hydrogen-bond acceptors (Lipinski definition) is 4. The van der Waals surface area contributed by atoms with Gasteiger partial charge in [0.2, 0.25) is 0 Å². The molecule has 0 bridgehead atoms. The van der Waals surface area contributed by atoms with Gasteiger partial charge >= 0.3 is 0 Å². The highest BCUT2D eigenvalue weighted by Gasteiger charge is 2.22. The summed E-state index contributed by atoms with van der Waals surface area (Å²) in [5, 5.41) is 15.4. The summed E-state index contributed by atoms with van der Waals surface area (Å²) in [4.78, 5) is 4.53. The third-order valence-electron chi connectivity index (χ3n) is 4.69. The predicted octanol–water partition coefficient (Wildman–Crippen LogP) is 4.62. The molecule has 0 radical (unpaired) electrons. The Morgan fingerprint density at radius 1 is 1.04 bits per heavy atom. The lowest BCUT2D eigenvalue weighted by Gasteiger charge is -2.26. The molecule has 0 aliphatic rings. The van der Waals surface area contributed by atoms with Gasteiger partial charge in [-0.05, 0) is 29.7 Å². The molecule has 0 saturated carbocycles. The number of aromatic nitrogens is 1. The highest BCUT2D eigenvalue weighted by atomic mass is 16.5. The minimum absolute atomic E-state index is 0.00973. The number of benzene rings is 2. The number of nitrogens with zero attached hydrogens (tertiary/aromatic N) is 1. The predicted molar refractivity (Wildman–Crippen MR) is 110 cm³/mol. The normalized spacial score (nSPS) is 13.7. The lowest BCUT2D eigenvalue weighted by molar-refractivity contribution is 0.123. The topological polar surface area (TPSA) is 54.4 Å². The summed E-state index contributed by atoms with van der Waals surface area (Å²) in [6.07, 6.45) is 2.00. The molecule has 0 saturated heterocycles. The van der Waals surface area contributed by atoms with Crippen LogP contribution in [-0.2, 0) is 6.61 Å². The Morgan fingerprint density at radius 3 is 2.52 bits per heavy atom. The van der Waals surface area contributed by atoms with Gasteiger partial charge in [0.1, 0.15) is 17.9 Å². The van der Waals surface area contributed by atoms with E-state index >= 15 is 0 Å². The van der Waals surface area contributed by atoms with E-state index in [0.29, 0.717) is 12.6 Å². The summed E-state index contributed by atoms with van der Waals surface area (Å²) in [5.74, 6) is 0.732. The van der Waals surface area contributed by atoms with Gasteiger partial charge in [0.05, 0.1) is 6.10 Å². The molecule has 0 amide bonds. The number of pyridine rings is 1. The van der Waals surface area contributed by atoms with Crippen LogP contribution in [0.1, 0.15) is 44.4 Å². The highest BCUT2D eigenvalue weighted by Crippen LogP contribution is 2.32. The SMILES string of the molecule is CCC(NC(C)C)C(O)c1ccc(OCc2ccccc2)c2ncccc12. The van der Waals surface area contributed by atoms with Crippen molar-refractivity contribution >= 4 is 10.9 Å². The van der Waals surface area contributed by atoms with Crippen LogP contribution in [0.5, 0.6) is 5.75 Å². The Hall–Kier alpha value is -2.43. The van der Waals surface area contributed by atoms with Gasteiger partial charge in [-0.25, -0.2) is 0 Å². The zero-order valence-electron chi connectivity index (χ0n) is 16.2. The maximum Gasteiger partial charge on any atom is 0.146 e. The Balaban J connectivity index is 1.90. The molecule has 4 heteroatoms. The van der Waals surface area contributed by atoms with E-state index in [1.807, 2.05) is 54.6 Å². The molecule has 1 aromatic heterocycles. The molecule has 2 aromatic carbocycles. The first-order chi connectivity index (χ1) is 13.1. The molecular weight excluding hydrogens is 336 g/mol. The van der Waals surface area contributed by atoms with Crippen LogP contribution in [-0.4, -0.2) is 22.2 Å². The van der Waals surface area contributed by atoms with Gasteiger partial charge in [-0.1, -0.05) is 63.2 Å². The van der Waals surface area contributed by atoms with Gasteiger partial charge in [-0.15, -0.1) is 0 Å². The van der Waals surface area contributed by atoms with Crippen LogP contribution in [0.15, 0.2) is 60.8 Å². The van der Waals surface area contributed by atoms with Crippen molar-refractivity contribution in [2.45, 2.75) is 52.0 Å². The second-order valence-electron chi connectivity index (χ2n) is 7.11. The molecule has 142 valence electrons. The summed E-state index contributed by atoms with van der Waals surface area (Å²) in [6, 6.07) is 18.1. The Morgan fingerprint density at radius 2 is 1.81 bits per heavy atom. The Kier molecular flexibility index (Phi) is 6.43. The Labute approximate surface area is 161 Å². The van der Waals surface area contributed by atoms with E-state index in [4.69, 9.17) is 4.74 Å². The van der Waals surface area contributed by atoms with Crippen LogP contribution in [0.2, 0.25) is 0 Å². The van der Waals surface area contributed by atoms with Crippen molar-refractivity contribution in [3.8, 4) is 5.75 Å². The monoisotopic (exact) mass is 364 g/mol. The molecule has 2 atom stereocenters. The van der Waals surface area contributed by atoms with E-state index in [0.717, 1.165) is 34.2 Å². The van der Waals surface area contributed by atoms with Crippen LogP contribution in [0.3, 0.4) is 0 Å². The van der Waals surface area contributed by atoms with E-state index < -0.39 is 6.10 Å². The van der Waals surface area contributed by atoms with E-state index in [2.05, 4.69) is 31.1 Å². The van der Waals surface area contributed by atoms with Crippen LogP contribution < -0.4 is 10.1 Å². The minimum atomic E-state index is -0.604. The first kappa shape index (κ1) is 19.3. The lowest BCUT2D eigenvalue weighted by Crippen LogP contribution is -2.38. The summed E-state index contributed by atoms with van der Waals surface area (Å²) >= 11 is 0. The average Bonchev–Trinajstić information content (AvgIpc) is 2.70. The molecule has 4 nitrogen and oxygen atoms in total. The highest BCUT2D eigenvalue weighted by molar-refractivity contribution is 5.87. The molecule has 27 heavy (non-hydrogen) atoms. The Bertz CT molecular complexity index is 865. The molecule has 1 heterocycles. The van der Waals surface area contributed by atoms with Crippen molar-refractivity contribution < 1.29 is 9.84 Å². The molecule has 0 fully saturated rings. The maximum absolute atomic E-state index is 11.0. The fraction of sp³-hybridized carbons (Fsp3) is 0.348. The maximum atomic E-state index is 11.0. The molecule has 2 unspecified atom stereocenters. The van der Waals surface area contributed by atoms with Crippen LogP contribution >= 0.6 is 0 Å². The third kappa shape index (κ3) is 4.65. The number of aliphatic hydroxyl groups is 1. The summed E-state index contributed by atoms with van der Waals surface area (Å²) in [5.41, 5.74) is 2.77. The number of rotatable bonds is 8. The molecule has 0 aliphatic carbocycles. The molecule has 2 N–H and O–H groups in total. The van der Waals surface area contributed by atoms with Gasteiger partial charge in [0.15, 0.2) is 0 Å². The second-order valence-corrected chi connectivity index (χ2v) is 7.11. The number of aliphatic hydroxyl groups excluding tert-OH is 1. The number of hydrogen-bond donors (Lipinski definition) is 2. The van der Waals surface area contributed by atoms with E-state index in [9.17, 15) is 5.11 Å². The van der Waals surface area contributed by atoms with Gasteiger partial charge in [-0.3, -0.25) is 4.98 Å². The van der Waals surface area contributed by atoms with Gasteiger partial charge < -0.3 is 15.2 Å². The molecule has 0 spiro atoms. The van der Waals surface area contributed by atoms with E-state index in [1.54, 1.807) is 6.20 Å². The van der Waals surface area contributed by atoms with Crippen LogP contribution in [0.25, 0.3) is 10.9 Å². The van der Waals surface area contributed by atoms with Crippen molar-refractivity contribution in [2.24, 2.45) is 0 Å². The zero-order valence-corrected chi connectivity index (χ0v) is 16.2. The number of ether oxygens (including phenoxy) is 1. The van der Waals surface area contributed by atoms with Gasteiger partial charge in [-0.2, -0.15) is 0 Å².